The Kier molecular flexibility index (Phi) is 4.32. The van der Waals surface area contributed by atoms with Gasteiger partial charge >= 0.3 is 5.97 Å². The van der Waals surface area contributed by atoms with E-state index >= 15 is 0 Å². The molecule has 0 aliphatic carbocycles. The number of nitriles is 1. The van der Waals surface area contributed by atoms with Gasteiger partial charge < -0.3 is 5.11 Å². The van der Waals surface area contributed by atoms with Crippen molar-refractivity contribution in [2.24, 2.45) is 0 Å². The van der Waals surface area contributed by atoms with Crippen LogP contribution in [0.25, 0.3) is 0 Å². The van der Waals surface area contributed by atoms with Gasteiger partial charge in [-0.25, -0.2) is 13.2 Å². The Morgan fingerprint density at radius 2 is 2.00 bits per heavy atom. The summed E-state index contributed by atoms with van der Waals surface area (Å²) in [6.45, 7) is 4.86. The van der Waals surface area contributed by atoms with Gasteiger partial charge in [0.05, 0.1) is 16.5 Å². The maximum absolute atomic E-state index is 12.3. The fourth-order valence-corrected chi connectivity index (χ4v) is 3.54. The van der Waals surface area contributed by atoms with Crippen molar-refractivity contribution in [1.82, 2.24) is 0 Å². The van der Waals surface area contributed by atoms with Gasteiger partial charge in [0.2, 0.25) is 0 Å². The molecule has 0 saturated carbocycles. The molecule has 0 aromatic heterocycles. The van der Waals surface area contributed by atoms with E-state index in [9.17, 15) is 13.2 Å². The number of aromatic carboxylic acids is 1. The summed E-state index contributed by atoms with van der Waals surface area (Å²) in [5.74, 6) is -1.19. The number of sulfone groups is 1. The number of nitrogens with zero attached hydrogens (tertiary/aromatic N) is 1. The Labute approximate surface area is 112 Å². The summed E-state index contributed by atoms with van der Waals surface area (Å²) in [6, 6.07) is 4.30. The van der Waals surface area contributed by atoms with Gasteiger partial charge in [0, 0.05) is 0 Å². The molecule has 5 nitrogen and oxygen atoms in total. The van der Waals surface area contributed by atoms with Crippen molar-refractivity contribution in [2.45, 2.75) is 37.3 Å². The second-order valence-corrected chi connectivity index (χ2v) is 6.39. The fraction of sp³-hybridized carbons (Fsp3) is 0.385. The largest absolute Gasteiger partial charge is 0.478 e. The van der Waals surface area contributed by atoms with Gasteiger partial charge in [-0.1, -0.05) is 6.92 Å². The van der Waals surface area contributed by atoms with E-state index in [0.717, 1.165) is 6.07 Å². The van der Waals surface area contributed by atoms with Crippen molar-refractivity contribution in [3.63, 3.8) is 0 Å². The van der Waals surface area contributed by atoms with Crippen LogP contribution in [0.2, 0.25) is 0 Å². The van der Waals surface area contributed by atoms with Crippen molar-refractivity contribution in [3.8, 4) is 6.07 Å². The Balaban J connectivity index is 3.60. The molecule has 0 aliphatic rings. The zero-order valence-corrected chi connectivity index (χ0v) is 11.8. The van der Waals surface area contributed by atoms with Gasteiger partial charge in [-0.3, -0.25) is 0 Å². The first kappa shape index (κ1) is 15.2. The van der Waals surface area contributed by atoms with E-state index in [1.54, 1.807) is 26.8 Å². The van der Waals surface area contributed by atoms with Gasteiger partial charge in [0.25, 0.3) is 0 Å². The summed E-state index contributed by atoms with van der Waals surface area (Å²) < 4.78 is 24.7. The molecule has 1 aromatic rings. The molecule has 1 atom stereocenters. The van der Waals surface area contributed by atoms with Crippen molar-refractivity contribution in [2.75, 3.05) is 0 Å². The lowest BCUT2D eigenvalue weighted by Gasteiger charge is -2.14. The van der Waals surface area contributed by atoms with Crippen LogP contribution in [0.3, 0.4) is 0 Å². The molecule has 0 aliphatic heterocycles. The third-order valence-electron chi connectivity index (χ3n) is 3.06. The first-order valence-electron chi connectivity index (χ1n) is 5.73. The van der Waals surface area contributed by atoms with Crippen LogP contribution in [-0.4, -0.2) is 24.7 Å². The van der Waals surface area contributed by atoms with Gasteiger partial charge in [0.1, 0.15) is 0 Å². The second kappa shape index (κ2) is 5.41. The van der Waals surface area contributed by atoms with Crippen LogP contribution >= 0.6 is 0 Å². The van der Waals surface area contributed by atoms with E-state index in [4.69, 9.17) is 10.4 Å². The maximum Gasteiger partial charge on any atom is 0.335 e. The number of carboxylic acid groups (broad SMARTS) is 1. The Bertz CT molecular complexity index is 656. The summed E-state index contributed by atoms with van der Waals surface area (Å²) in [7, 11) is -3.83. The van der Waals surface area contributed by atoms with Crippen LogP contribution in [0.1, 0.15) is 34.8 Å². The summed E-state index contributed by atoms with van der Waals surface area (Å²) >= 11 is 0. The van der Waals surface area contributed by atoms with Crippen LogP contribution in [0.15, 0.2) is 17.0 Å². The first-order valence-corrected chi connectivity index (χ1v) is 7.28. The highest BCUT2D eigenvalue weighted by Crippen LogP contribution is 2.25. The average Bonchev–Trinajstić information content (AvgIpc) is 2.33. The van der Waals surface area contributed by atoms with E-state index < -0.39 is 21.1 Å². The lowest BCUT2D eigenvalue weighted by atomic mass is 10.1. The second-order valence-electron chi connectivity index (χ2n) is 4.29. The Morgan fingerprint density at radius 1 is 1.42 bits per heavy atom. The molecule has 0 saturated heterocycles. The lowest BCUT2D eigenvalue weighted by molar-refractivity contribution is 0.0696. The third kappa shape index (κ3) is 2.76. The Morgan fingerprint density at radius 3 is 2.42 bits per heavy atom. The number of carbonyl (C=O) groups is 1. The van der Waals surface area contributed by atoms with Crippen molar-refractivity contribution in [3.05, 3.63) is 28.8 Å². The highest BCUT2D eigenvalue weighted by Gasteiger charge is 2.28. The van der Waals surface area contributed by atoms with Crippen LogP contribution in [-0.2, 0) is 9.84 Å². The lowest BCUT2D eigenvalue weighted by Crippen LogP contribution is -2.20. The topological polar surface area (TPSA) is 95.2 Å². The number of rotatable bonds is 4. The molecule has 102 valence electrons. The van der Waals surface area contributed by atoms with Crippen molar-refractivity contribution >= 4 is 15.8 Å². The van der Waals surface area contributed by atoms with E-state index in [2.05, 4.69) is 0 Å². The molecule has 0 amide bonds. The molecule has 0 bridgehead atoms. The number of hydrogen-bond donors (Lipinski definition) is 1. The Hall–Kier alpha value is -1.87. The SMILES string of the molecule is CCC(C#N)S(=O)(=O)c1cc(C(=O)O)cc(C)c1C. The average molecular weight is 281 g/mol. The molecule has 0 fully saturated rings. The number of hydrogen-bond acceptors (Lipinski definition) is 4. The molecule has 1 rings (SSSR count). The standard InChI is InChI=1S/C13H15NO4S/c1-4-11(7-14)19(17,18)12-6-10(13(15)16)5-8(2)9(12)3/h5-6,11H,4H2,1-3H3,(H,15,16). The van der Waals surface area contributed by atoms with Crippen molar-refractivity contribution in [1.29, 1.82) is 5.26 Å². The molecule has 0 radical (unpaired) electrons. The molecule has 19 heavy (non-hydrogen) atoms. The minimum absolute atomic E-state index is 0.0710. The number of benzene rings is 1. The molecule has 0 spiro atoms. The van der Waals surface area contributed by atoms with Gasteiger partial charge in [-0.15, -0.1) is 0 Å². The molecule has 0 heterocycles. The zero-order chi connectivity index (χ0) is 14.8. The molecule has 1 N–H and O–H groups in total. The number of carboxylic acids is 1. The molecule has 6 heteroatoms. The van der Waals surface area contributed by atoms with Crippen LogP contribution in [0, 0.1) is 25.2 Å². The first-order chi connectivity index (χ1) is 8.75. The minimum atomic E-state index is -3.83. The van der Waals surface area contributed by atoms with Crippen LogP contribution < -0.4 is 0 Å². The predicted molar refractivity (Wildman–Crippen MR) is 69.8 cm³/mol. The summed E-state index contributed by atoms with van der Waals surface area (Å²) in [4.78, 5) is 10.9. The third-order valence-corrected chi connectivity index (χ3v) is 5.29. The van der Waals surface area contributed by atoms with E-state index in [0.29, 0.717) is 11.1 Å². The van der Waals surface area contributed by atoms with Crippen LogP contribution in [0.5, 0.6) is 0 Å². The molecular formula is C13H15NO4S. The quantitative estimate of drug-likeness (QED) is 0.911. The van der Waals surface area contributed by atoms with E-state index in [1.807, 2.05) is 0 Å². The molecule has 1 unspecified atom stereocenters. The smallest absolute Gasteiger partial charge is 0.335 e. The highest BCUT2D eigenvalue weighted by atomic mass is 32.2. The zero-order valence-electron chi connectivity index (χ0n) is 11.0. The van der Waals surface area contributed by atoms with E-state index in [-0.39, 0.29) is 16.9 Å². The van der Waals surface area contributed by atoms with Gasteiger partial charge in [-0.2, -0.15) is 5.26 Å². The van der Waals surface area contributed by atoms with E-state index in [1.165, 1.54) is 6.07 Å². The summed E-state index contributed by atoms with van der Waals surface area (Å²) in [6.07, 6.45) is 0.161. The summed E-state index contributed by atoms with van der Waals surface area (Å²) in [5.41, 5.74) is 0.972. The highest BCUT2D eigenvalue weighted by molar-refractivity contribution is 7.92. The predicted octanol–water partition coefficient (Wildman–Crippen LogP) is 2.08. The normalized spacial score (nSPS) is 12.7. The molecule has 1 aromatic carbocycles. The van der Waals surface area contributed by atoms with Gasteiger partial charge in [-0.05, 0) is 43.5 Å². The fourth-order valence-electron chi connectivity index (χ4n) is 1.78. The number of aryl methyl sites for hydroxylation is 1. The summed E-state index contributed by atoms with van der Waals surface area (Å²) in [5, 5.41) is 16.7. The maximum atomic E-state index is 12.3. The van der Waals surface area contributed by atoms with Crippen LogP contribution in [0.4, 0.5) is 0 Å². The monoisotopic (exact) mass is 281 g/mol. The molecular weight excluding hydrogens is 266 g/mol. The van der Waals surface area contributed by atoms with Crippen molar-refractivity contribution < 1.29 is 18.3 Å². The van der Waals surface area contributed by atoms with Gasteiger partial charge in [0.15, 0.2) is 15.1 Å². The minimum Gasteiger partial charge on any atom is -0.478 e.